The summed E-state index contributed by atoms with van der Waals surface area (Å²) in [5.41, 5.74) is 2.44. The Kier molecular flexibility index (Phi) is 5.97. The lowest BCUT2D eigenvalue weighted by Crippen LogP contribution is -2.32. The number of aliphatic imine (C=N–C) groups is 1. The highest BCUT2D eigenvalue weighted by molar-refractivity contribution is 8.14. The number of benzene rings is 1. The van der Waals surface area contributed by atoms with Crippen LogP contribution in [0.1, 0.15) is 38.1 Å². The van der Waals surface area contributed by atoms with Gasteiger partial charge >= 0.3 is 0 Å². The van der Waals surface area contributed by atoms with Crippen molar-refractivity contribution in [1.29, 1.82) is 0 Å². The molecule has 0 bridgehead atoms. The number of thioether (sulfide) groups is 1. The number of allylic oxidation sites excluding steroid dienone is 1. The Morgan fingerprint density at radius 1 is 1.30 bits per heavy atom. The summed E-state index contributed by atoms with van der Waals surface area (Å²) in [5, 5.41) is 3.47. The molecule has 1 unspecified atom stereocenters. The molecule has 0 radical (unpaired) electrons. The molecule has 0 saturated carbocycles. The second-order valence-corrected chi connectivity index (χ2v) is 8.34. The fourth-order valence-electron chi connectivity index (χ4n) is 2.80. The molecule has 1 aliphatic heterocycles. The number of hydrogen-bond acceptors (Lipinski definition) is 5. The lowest BCUT2D eigenvalue weighted by Gasteiger charge is -2.27. The summed E-state index contributed by atoms with van der Waals surface area (Å²) in [6.45, 7) is 5.74. The minimum atomic E-state index is -0.630. The zero-order valence-corrected chi connectivity index (χ0v) is 16.7. The monoisotopic (exact) mass is 403 g/mol. The van der Waals surface area contributed by atoms with Gasteiger partial charge in [0.05, 0.1) is 5.57 Å². The Hall–Kier alpha value is -2.18. The van der Waals surface area contributed by atoms with E-state index in [2.05, 4.69) is 10.3 Å². The third-order valence-corrected chi connectivity index (χ3v) is 5.20. The normalized spacial score (nSPS) is 17.0. The molecule has 0 aliphatic carbocycles. The minimum Gasteiger partial charge on any atom is -0.342 e. The van der Waals surface area contributed by atoms with Gasteiger partial charge in [0.25, 0.3) is 0 Å². The van der Waals surface area contributed by atoms with Gasteiger partial charge in [-0.15, -0.1) is 0 Å². The molecular weight excluding hydrogens is 385 g/mol. The van der Waals surface area contributed by atoms with Crippen molar-refractivity contribution < 1.29 is 9.18 Å². The number of aromatic nitrogens is 1. The van der Waals surface area contributed by atoms with Crippen LogP contribution in [0, 0.1) is 5.82 Å². The predicted octanol–water partition coefficient (Wildman–Crippen LogP) is 4.91. The molecule has 4 nitrogen and oxygen atoms in total. The smallest absolute Gasteiger partial charge is 0.219 e. The van der Waals surface area contributed by atoms with E-state index >= 15 is 0 Å². The summed E-state index contributed by atoms with van der Waals surface area (Å²) in [6.07, 6.45) is 1.67. The van der Waals surface area contributed by atoms with Crippen LogP contribution in [0.15, 0.2) is 58.9 Å². The summed E-state index contributed by atoms with van der Waals surface area (Å²) >= 11 is 7.52. The van der Waals surface area contributed by atoms with Crippen molar-refractivity contribution in [3.63, 3.8) is 0 Å². The Labute approximate surface area is 166 Å². The van der Waals surface area contributed by atoms with Crippen LogP contribution in [-0.2, 0) is 4.79 Å². The zero-order valence-electron chi connectivity index (χ0n) is 15.2. The molecule has 140 valence electrons. The van der Waals surface area contributed by atoms with Crippen molar-refractivity contribution in [2.75, 3.05) is 0 Å². The van der Waals surface area contributed by atoms with Gasteiger partial charge in [0.1, 0.15) is 17.6 Å². The van der Waals surface area contributed by atoms with Crippen LogP contribution in [-0.4, -0.2) is 21.2 Å². The number of nitrogens with zero attached hydrogens (tertiary/aromatic N) is 2. The Morgan fingerprint density at radius 3 is 2.70 bits per heavy atom. The average molecular weight is 404 g/mol. The van der Waals surface area contributed by atoms with Crippen LogP contribution < -0.4 is 5.32 Å². The lowest BCUT2D eigenvalue weighted by atomic mass is 9.96. The van der Waals surface area contributed by atoms with Crippen molar-refractivity contribution in [2.45, 2.75) is 32.1 Å². The second kappa shape index (κ2) is 8.23. The van der Waals surface area contributed by atoms with E-state index in [1.807, 2.05) is 39.0 Å². The number of carbonyl (C=O) groups is 1. The zero-order chi connectivity index (χ0) is 19.6. The molecule has 1 aliphatic rings. The highest BCUT2D eigenvalue weighted by atomic mass is 35.5. The van der Waals surface area contributed by atoms with Gasteiger partial charge in [0.2, 0.25) is 5.12 Å². The Morgan fingerprint density at radius 2 is 2.07 bits per heavy atom. The van der Waals surface area contributed by atoms with Gasteiger partial charge in [-0.25, -0.2) is 4.39 Å². The first kappa shape index (κ1) is 19.6. The Balaban J connectivity index is 2.11. The molecule has 1 atom stereocenters. The third-order valence-electron chi connectivity index (χ3n) is 3.97. The summed E-state index contributed by atoms with van der Waals surface area (Å²) in [4.78, 5) is 21.9. The summed E-state index contributed by atoms with van der Waals surface area (Å²) in [6, 6.07) is 9.02. The van der Waals surface area contributed by atoms with Crippen molar-refractivity contribution in [2.24, 2.45) is 4.99 Å². The van der Waals surface area contributed by atoms with E-state index in [0.717, 1.165) is 0 Å². The second-order valence-electron chi connectivity index (χ2n) is 6.38. The number of amidine groups is 1. The molecule has 1 aromatic heterocycles. The average Bonchev–Trinajstić information content (AvgIpc) is 2.61. The largest absolute Gasteiger partial charge is 0.342 e. The van der Waals surface area contributed by atoms with Gasteiger partial charge < -0.3 is 5.32 Å². The number of halogens is 2. The topological polar surface area (TPSA) is 54.4 Å². The molecule has 7 heteroatoms. The number of carbonyl (C=O) groups excluding carboxylic acids is 1. The Bertz CT molecular complexity index is 928. The molecule has 1 aromatic carbocycles. The predicted molar refractivity (Wildman–Crippen MR) is 108 cm³/mol. The lowest BCUT2D eigenvalue weighted by molar-refractivity contribution is -0.108. The third kappa shape index (κ3) is 4.39. The summed E-state index contributed by atoms with van der Waals surface area (Å²) in [7, 11) is 0. The maximum Gasteiger partial charge on any atom is 0.219 e. The van der Waals surface area contributed by atoms with Crippen molar-refractivity contribution in [3.05, 3.63) is 76.0 Å². The molecule has 2 aromatic rings. The first-order chi connectivity index (χ1) is 12.9. The van der Waals surface area contributed by atoms with E-state index in [9.17, 15) is 9.18 Å². The first-order valence-electron chi connectivity index (χ1n) is 8.49. The van der Waals surface area contributed by atoms with Crippen LogP contribution in [0.2, 0.25) is 5.02 Å². The number of nitrogens with one attached hydrogen (secondary N) is 1. The van der Waals surface area contributed by atoms with Gasteiger partial charge in [-0.2, -0.15) is 0 Å². The highest BCUT2D eigenvalue weighted by Crippen LogP contribution is 2.38. The van der Waals surface area contributed by atoms with Crippen molar-refractivity contribution >= 4 is 34.3 Å². The molecule has 0 saturated heterocycles. The summed E-state index contributed by atoms with van der Waals surface area (Å²) < 4.78 is 13.5. The number of pyridine rings is 1. The quantitative estimate of drug-likeness (QED) is 0.788. The minimum absolute atomic E-state index is 0.0794. The number of hydrogen-bond donors (Lipinski definition) is 1. The fourth-order valence-corrected chi connectivity index (χ4v) is 3.89. The first-order valence-corrected chi connectivity index (χ1v) is 9.75. The van der Waals surface area contributed by atoms with Crippen LogP contribution in [0.4, 0.5) is 4.39 Å². The number of rotatable bonds is 4. The summed E-state index contributed by atoms with van der Waals surface area (Å²) in [5.74, 6) is 0.112. The van der Waals surface area contributed by atoms with Crippen molar-refractivity contribution in [3.8, 4) is 0 Å². The van der Waals surface area contributed by atoms with Gasteiger partial charge in [0, 0.05) is 27.7 Å². The molecular formula is C20H19ClFN3OS. The van der Waals surface area contributed by atoms with E-state index in [1.165, 1.54) is 23.9 Å². The molecule has 0 fully saturated rings. The van der Waals surface area contributed by atoms with E-state index < -0.39 is 11.9 Å². The molecule has 0 spiro atoms. The fraction of sp³-hybridized carbons (Fsp3) is 0.250. The highest BCUT2D eigenvalue weighted by Gasteiger charge is 2.31. The molecule has 0 amide bonds. The van der Waals surface area contributed by atoms with E-state index in [4.69, 9.17) is 16.6 Å². The van der Waals surface area contributed by atoms with Crippen molar-refractivity contribution in [1.82, 2.24) is 10.3 Å². The van der Waals surface area contributed by atoms with Crippen LogP contribution >= 0.6 is 23.4 Å². The molecule has 2 heterocycles. The maximum atomic E-state index is 13.5. The van der Waals surface area contributed by atoms with E-state index in [1.54, 1.807) is 12.3 Å². The maximum absolute atomic E-state index is 13.5. The van der Waals surface area contributed by atoms with Gasteiger partial charge in [-0.3, -0.25) is 14.8 Å². The molecule has 27 heavy (non-hydrogen) atoms. The molecule has 3 rings (SSSR count). The van der Waals surface area contributed by atoms with Crippen LogP contribution in [0.5, 0.6) is 0 Å². The van der Waals surface area contributed by atoms with Gasteiger partial charge in [-0.05, 0) is 31.2 Å². The van der Waals surface area contributed by atoms with Crippen LogP contribution in [0.25, 0.3) is 0 Å². The van der Waals surface area contributed by atoms with Gasteiger partial charge in [-0.1, -0.05) is 49.3 Å². The van der Waals surface area contributed by atoms with Gasteiger partial charge in [0.15, 0.2) is 5.84 Å². The van der Waals surface area contributed by atoms with E-state index in [-0.39, 0.29) is 15.4 Å². The molecule has 1 N–H and O–H groups in total. The standard InChI is InChI=1S/C20H19ClFN3OS/c1-11(2)27-20(26)17-12(3)24-19(16-6-4-5-9-23-16)25-18(17)14-8-7-13(22)10-15(14)21/h4-11,18H,1-3H3,(H,24,25). The van der Waals surface area contributed by atoms with Crippen LogP contribution in [0.3, 0.4) is 0 Å². The van der Waals surface area contributed by atoms with E-state index in [0.29, 0.717) is 28.4 Å². The SMILES string of the molecule is CC1=C(C(=O)SC(C)C)C(c2ccc(F)cc2Cl)N=C(c2ccccn2)N1.